The number of aromatic nitrogens is 1. The summed E-state index contributed by atoms with van der Waals surface area (Å²) in [6, 6.07) is 18.3. The second kappa shape index (κ2) is 8.31. The monoisotopic (exact) mass is 414 g/mol. The van der Waals surface area contributed by atoms with E-state index in [9.17, 15) is 14.4 Å². The van der Waals surface area contributed by atoms with Gasteiger partial charge in [0.1, 0.15) is 12.2 Å². The van der Waals surface area contributed by atoms with Gasteiger partial charge in [0.15, 0.2) is 0 Å². The molecule has 0 spiro atoms. The van der Waals surface area contributed by atoms with E-state index in [4.69, 9.17) is 0 Å². The smallest absolute Gasteiger partial charge is 0.325 e. The molecule has 1 saturated heterocycles. The highest BCUT2D eigenvalue weighted by atomic mass is 16.2. The van der Waals surface area contributed by atoms with Crippen molar-refractivity contribution in [3.63, 3.8) is 0 Å². The summed E-state index contributed by atoms with van der Waals surface area (Å²) >= 11 is 0. The number of anilines is 1. The van der Waals surface area contributed by atoms with Gasteiger partial charge in [0, 0.05) is 23.3 Å². The first-order valence-electron chi connectivity index (χ1n) is 9.86. The molecule has 156 valence electrons. The van der Waals surface area contributed by atoms with Crippen LogP contribution in [0.4, 0.5) is 10.5 Å². The molecule has 0 bridgehead atoms. The van der Waals surface area contributed by atoms with Gasteiger partial charge in [0.25, 0.3) is 5.91 Å². The predicted octanol–water partition coefficient (Wildman–Crippen LogP) is 3.63. The quantitative estimate of drug-likeness (QED) is 0.494. The van der Waals surface area contributed by atoms with Crippen LogP contribution in [-0.2, 0) is 9.59 Å². The molecular weight excluding hydrogens is 392 g/mol. The summed E-state index contributed by atoms with van der Waals surface area (Å²) in [5.41, 5.74) is 4.62. The predicted molar refractivity (Wildman–Crippen MR) is 119 cm³/mol. The molecule has 1 fully saturated rings. The molecule has 0 saturated carbocycles. The molecule has 3 aromatic rings. The molecule has 4 amide bonds. The zero-order chi connectivity index (χ0) is 22.0. The second-order valence-electron chi connectivity index (χ2n) is 7.43. The number of benzene rings is 2. The zero-order valence-corrected chi connectivity index (χ0v) is 17.3. The van der Waals surface area contributed by atoms with E-state index < -0.39 is 17.8 Å². The fourth-order valence-electron chi connectivity index (χ4n) is 3.30. The largest absolute Gasteiger partial charge is 0.329 e. The Bertz CT molecular complexity index is 1170. The first-order valence-corrected chi connectivity index (χ1v) is 9.86. The summed E-state index contributed by atoms with van der Waals surface area (Å²) in [6.07, 6.45) is 3.49. The molecular formula is C24H22N4O3. The maximum Gasteiger partial charge on any atom is 0.329 e. The molecule has 4 rings (SSSR count). The van der Waals surface area contributed by atoms with Crippen LogP contribution in [0.15, 0.2) is 72.6 Å². The Kier molecular flexibility index (Phi) is 5.41. The Hall–Kier alpha value is -4.13. The van der Waals surface area contributed by atoms with Crippen molar-refractivity contribution in [1.82, 2.24) is 14.8 Å². The molecule has 1 aliphatic rings. The maximum atomic E-state index is 12.8. The Labute approximate surface area is 180 Å². The summed E-state index contributed by atoms with van der Waals surface area (Å²) in [6.45, 7) is 3.59. The maximum absolute atomic E-state index is 12.8. The highest BCUT2D eigenvalue weighted by Gasteiger charge is 2.35. The Morgan fingerprint density at radius 2 is 1.61 bits per heavy atom. The molecule has 0 aliphatic carbocycles. The van der Waals surface area contributed by atoms with Crippen LogP contribution in [0.3, 0.4) is 0 Å². The third-order valence-electron chi connectivity index (χ3n) is 4.98. The highest BCUT2D eigenvalue weighted by Crippen LogP contribution is 2.19. The third-order valence-corrected chi connectivity index (χ3v) is 4.98. The number of rotatable bonds is 5. The fourth-order valence-corrected chi connectivity index (χ4v) is 3.30. The lowest BCUT2D eigenvalue weighted by Crippen LogP contribution is -2.38. The first kappa shape index (κ1) is 20.2. The lowest BCUT2D eigenvalue weighted by atomic mass is 10.2. The molecule has 31 heavy (non-hydrogen) atoms. The van der Waals surface area contributed by atoms with Crippen molar-refractivity contribution in [1.29, 1.82) is 0 Å². The number of hydrogen-bond donors (Lipinski definition) is 2. The van der Waals surface area contributed by atoms with Crippen molar-refractivity contribution in [3.05, 3.63) is 89.4 Å². The molecule has 7 nitrogen and oxygen atoms in total. The van der Waals surface area contributed by atoms with E-state index in [-0.39, 0.29) is 12.2 Å². The molecule has 2 heterocycles. The Balaban J connectivity index is 1.49. The van der Waals surface area contributed by atoms with Crippen LogP contribution in [0.1, 0.15) is 16.8 Å². The average Bonchev–Trinajstić information content (AvgIpc) is 3.30. The van der Waals surface area contributed by atoms with Gasteiger partial charge in [-0.25, -0.2) is 9.69 Å². The van der Waals surface area contributed by atoms with Crippen molar-refractivity contribution >= 4 is 29.6 Å². The van der Waals surface area contributed by atoms with E-state index in [1.165, 1.54) is 0 Å². The van der Waals surface area contributed by atoms with Crippen LogP contribution in [0.2, 0.25) is 0 Å². The number of carbonyl (C=O) groups excluding carboxylic acids is 3. The Morgan fingerprint density at radius 3 is 2.29 bits per heavy atom. The normalized spacial score (nSPS) is 14.8. The van der Waals surface area contributed by atoms with E-state index >= 15 is 0 Å². The molecule has 0 radical (unpaired) electrons. The van der Waals surface area contributed by atoms with Crippen LogP contribution in [0.25, 0.3) is 11.8 Å². The minimum absolute atomic E-state index is 0.125. The molecule has 1 aliphatic heterocycles. The standard InChI is InChI=1S/C24H22N4O3/c1-16-5-9-18(10-6-16)25-22(29)15-28-23(30)21(26-24(28)31)14-20-4-3-13-27(20)19-11-7-17(2)8-12-19/h3-14H,15H2,1-2H3,(H,25,29)(H,26,31)/b21-14+. The number of hydrogen-bond acceptors (Lipinski definition) is 3. The second-order valence-corrected chi connectivity index (χ2v) is 7.43. The van der Waals surface area contributed by atoms with Crippen molar-refractivity contribution in [2.24, 2.45) is 0 Å². The minimum atomic E-state index is -0.622. The SMILES string of the molecule is Cc1ccc(NC(=O)CN2C(=O)N/C(=C/c3cccn3-c3ccc(C)cc3)C2=O)cc1. The lowest BCUT2D eigenvalue weighted by molar-refractivity contribution is -0.127. The van der Waals surface area contributed by atoms with Gasteiger partial charge in [-0.1, -0.05) is 35.4 Å². The number of carbonyl (C=O) groups is 3. The van der Waals surface area contributed by atoms with Crippen LogP contribution in [0.5, 0.6) is 0 Å². The number of urea groups is 1. The van der Waals surface area contributed by atoms with E-state index in [2.05, 4.69) is 10.6 Å². The molecule has 1 aromatic heterocycles. The highest BCUT2D eigenvalue weighted by molar-refractivity contribution is 6.15. The third kappa shape index (κ3) is 4.40. The number of aryl methyl sites for hydroxylation is 2. The topological polar surface area (TPSA) is 83.4 Å². The molecule has 2 N–H and O–H groups in total. The fraction of sp³-hybridized carbons (Fsp3) is 0.125. The number of imide groups is 1. The summed E-state index contributed by atoms with van der Waals surface area (Å²) < 4.78 is 1.92. The lowest BCUT2D eigenvalue weighted by Gasteiger charge is -2.12. The summed E-state index contributed by atoms with van der Waals surface area (Å²) in [4.78, 5) is 38.3. The van der Waals surface area contributed by atoms with E-state index in [0.29, 0.717) is 5.69 Å². The van der Waals surface area contributed by atoms with E-state index in [1.54, 1.807) is 18.2 Å². The van der Waals surface area contributed by atoms with Gasteiger partial charge in [-0.3, -0.25) is 9.59 Å². The van der Waals surface area contributed by atoms with Crippen LogP contribution < -0.4 is 10.6 Å². The first-order chi connectivity index (χ1) is 14.9. The van der Waals surface area contributed by atoms with Gasteiger partial charge in [-0.2, -0.15) is 0 Å². The summed E-state index contributed by atoms with van der Waals surface area (Å²) in [5, 5.41) is 5.26. The van der Waals surface area contributed by atoms with Crippen LogP contribution in [-0.4, -0.2) is 33.9 Å². The van der Waals surface area contributed by atoms with E-state index in [1.807, 2.05) is 73.1 Å². The van der Waals surface area contributed by atoms with Gasteiger partial charge in [-0.15, -0.1) is 0 Å². The van der Waals surface area contributed by atoms with E-state index in [0.717, 1.165) is 27.4 Å². The van der Waals surface area contributed by atoms with Crippen LogP contribution >= 0.6 is 0 Å². The molecule has 7 heteroatoms. The summed E-state index contributed by atoms with van der Waals surface area (Å²) in [5.74, 6) is -0.989. The van der Waals surface area contributed by atoms with Gasteiger partial charge in [0.2, 0.25) is 5.91 Å². The summed E-state index contributed by atoms with van der Waals surface area (Å²) in [7, 11) is 0. The molecule has 2 aromatic carbocycles. The van der Waals surface area contributed by atoms with Gasteiger partial charge < -0.3 is 15.2 Å². The van der Waals surface area contributed by atoms with Crippen molar-refractivity contribution in [2.45, 2.75) is 13.8 Å². The molecule has 0 atom stereocenters. The van der Waals surface area contributed by atoms with Gasteiger partial charge >= 0.3 is 6.03 Å². The number of amides is 4. The van der Waals surface area contributed by atoms with Crippen LogP contribution in [0, 0.1) is 13.8 Å². The number of nitrogens with zero attached hydrogens (tertiary/aromatic N) is 2. The van der Waals surface area contributed by atoms with Crippen molar-refractivity contribution < 1.29 is 14.4 Å². The van der Waals surface area contributed by atoms with Gasteiger partial charge in [0.05, 0.1) is 0 Å². The molecule has 0 unspecified atom stereocenters. The van der Waals surface area contributed by atoms with Crippen molar-refractivity contribution in [2.75, 3.05) is 11.9 Å². The zero-order valence-electron chi connectivity index (χ0n) is 17.3. The Morgan fingerprint density at radius 1 is 0.968 bits per heavy atom. The van der Waals surface area contributed by atoms with Gasteiger partial charge in [-0.05, 0) is 56.3 Å². The van der Waals surface area contributed by atoms with Crippen molar-refractivity contribution in [3.8, 4) is 5.69 Å². The number of nitrogens with one attached hydrogen (secondary N) is 2. The minimum Gasteiger partial charge on any atom is -0.325 e. The average molecular weight is 414 g/mol.